The van der Waals surface area contributed by atoms with Gasteiger partial charge in [0.25, 0.3) is 0 Å². The second kappa shape index (κ2) is 45.9. The Morgan fingerprint density at radius 1 is 0.525 bits per heavy atom. The minimum Gasteiger partial charge on any atom is -0.461 e. The first-order valence-corrected chi connectivity index (χ1v) is 24.0. The molecule has 0 aliphatic heterocycles. The average molecular weight is 820 g/mol. The summed E-state index contributed by atoms with van der Waals surface area (Å²) in [5.74, 6) is -0.616. The normalized spacial score (nSPS) is 14.2. The van der Waals surface area contributed by atoms with Gasteiger partial charge >= 0.3 is 5.97 Å². The Balaban J connectivity index is 4.81. The third-order valence-corrected chi connectivity index (χ3v) is 10.2. The molecule has 0 fully saturated rings. The van der Waals surface area contributed by atoms with Crippen molar-refractivity contribution in [2.45, 2.75) is 219 Å². The molecular weight excluding hydrogens is 731 g/mol. The predicted octanol–water partition coefficient (Wildman–Crippen LogP) is 14.2. The van der Waals surface area contributed by atoms with Crippen molar-refractivity contribution < 1.29 is 24.5 Å². The van der Waals surface area contributed by atoms with Crippen molar-refractivity contribution in [3.63, 3.8) is 0 Å². The van der Waals surface area contributed by atoms with Crippen LogP contribution in [0, 0.1) is 0 Å². The van der Waals surface area contributed by atoms with Gasteiger partial charge in [-0.25, -0.2) is 0 Å². The van der Waals surface area contributed by atoms with Crippen LogP contribution in [0.25, 0.3) is 0 Å². The highest BCUT2D eigenvalue weighted by Crippen LogP contribution is 2.15. The van der Waals surface area contributed by atoms with Gasteiger partial charge in [0.2, 0.25) is 5.91 Å². The van der Waals surface area contributed by atoms with E-state index in [-0.39, 0.29) is 24.9 Å². The van der Waals surface area contributed by atoms with Gasteiger partial charge in [0.15, 0.2) is 0 Å². The molecule has 0 heterocycles. The maximum atomic E-state index is 13.1. The lowest BCUT2D eigenvalue weighted by Gasteiger charge is -2.24. The number of amides is 1. The zero-order valence-electron chi connectivity index (χ0n) is 38.1. The summed E-state index contributed by atoms with van der Waals surface area (Å²) in [6, 6.07) is -0.741. The first kappa shape index (κ1) is 55.8. The van der Waals surface area contributed by atoms with Crippen molar-refractivity contribution >= 4 is 11.9 Å². The van der Waals surface area contributed by atoms with Crippen molar-refractivity contribution in [1.29, 1.82) is 0 Å². The molecule has 336 valence electrons. The zero-order chi connectivity index (χ0) is 43.1. The van der Waals surface area contributed by atoms with E-state index in [0.717, 1.165) is 103 Å². The van der Waals surface area contributed by atoms with Crippen LogP contribution in [-0.2, 0) is 14.3 Å². The number of aliphatic hydroxyl groups excluding tert-OH is 2. The molecule has 0 saturated carbocycles. The minimum absolute atomic E-state index is 0.0152. The molecular formula is C53H89NO5. The van der Waals surface area contributed by atoms with Crippen LogP contribution in [0.1, 0.15) is 201 Å². The van der Waals surface area contributed by atoms with Gasteiger partial charge in [0.05, 0.1) is 25.2 Å². The molecule has 3 atom stereocenters. The SMILES string of the molecule is CC/C=C\C/C=C\C/C=C\C/C=C\C/C=C\CC(CC(=O)NC(CO)C(O)CCCCCCCCCCCCC)OC(=O)CCCCCC/C=C/C/C=C/C/C=C/CC. The average Bonchev–Trinajstić information content (AvgIpc) is 3.23. The lowest BCUT2D eigenvalue weighted by atomic mass is 10.0. The van der Waals surface area contributed by atoms with E-state index < -0.39 is 18.2 Å². The second-order valence-electron chi connectivity index (χ2n) is 15.8. The van der Waals surface area contributed by atoms with E-state index in [4.69, 9.17) is 4.74 Å². The van der Waals surface area contributed by atoms with E-state index in [1.807, 2.05) is 12.2 Å². The van der Waals surface area contributed by atoms with Crippen molar-refractivity contribution in [2.75, 3.05) is 6.61 Å². The van der Waals surface area contributed by atoms with Gasteiger partial charge in [-0.3, -0.25) is 9.59 Å². The molecule has 3 unspecified atom stereocenters. The number of hydrogen-bond donors (Lipinski definition) is 3. The van der Waals surface area contributed by atoms with Crippen LogP contribution in [0.15, 0.2) is 97.2 Å². The maximum absolute atomic E-state index is 13.1. The topological polar surface area (TPSA) is 95.9 Å². The van der Waals surface area contributed by atoms with E-state index in [9.17, 15) is 19.8 Å². The van der Waals surface area contributed by atoms with Crippen molar-refractivity contribution in [1.82, 2.24) is 5.32 Å². The summed E-state index contributed by atoms with van der Waals surface area (Å²) >= 11 is 0. The molecule has 0 spiro atoms. The fourth-order valence-electron chi connectivity index (χ4n) is 6.58. The minimum atomic E-state index is -0.820. The van der Waals surface area contributed by atoms with E-state index in [1.165, 1.54) is 51.4 Å². The summed E-state index contributed by atoms with van der Waals surface area (Å²) in [5, 5.41) is 23.6. The lowest BCUT2D eigenvalue weighted by Crippen LogP contribution is -2.46. The fraction of sp³-hybridized carbons (Fsp3) is 0.660. The second-order valence-corrected chi connectivity index (χ2v) is 15.8. The molecule has 0 radical (unpaired) electrons. The van der Waals surface area contributed by atoms with Gasteiger partial charge in [-0.2, -0.15) is 0 Å². The van der Waals surface area contributed by atoms with Crippen LogP contribution in [0.3, 0.4) is 0 Å². The number of nitrogens with one attached hydrogen (secondary N) is 1. The molecule has 0 aromatic rings. The Bertz CT molecular complexity index is 1190. The first-order chi connectivity index (χ1) is 29.0. The van der Waals surface area contributed by atoms with Crippen LogP contribution in [0.2, 0.25) is 0 Å². The molecule has 3 N–H and O–H groups in total. The highest BCUT2D eigenvalue weighted by atomic mass is 16.5. The third-order valence-electron chi connectivity index (χ3n) is 10.2. The molecule has 0 aromatic carbocycles. The Morgan fingerprint density at radius 2 is 0.949 bits per heavy atom. The molecule has 0 bridgehead atoms. The summed E-state index contributed by atoms with van der Waals surface area (Å²) < 4.78 is 5.84. The Labute approximate surface area is 363 Å². The number of carbonyl (C=O) groups excluding carboxylic acids is 2. The summed E-state index contributed by atoms with van der Waals surface area (Å²) in [5.41, 5.74) is 0. The summed E-state index contributed by atoms with van der Waals surface area (Å²) in [6.07, 6.45) is 60.5. The largest absolute Gasteiger partial charge is 0.461 e. The third kappa shape index (κ3) is 41.3. The number of rotatable bonds is 41. The molecule has 0 aromatic heterocycles. The smallest absolute Gasteiger partial charge is 0.306 e. The molecule has 0 aliphatic rings. The van der Waals surface area contributed by atoms with E-state index in [0.29, 0.717) is 19.3 Å². The summed E-state index contributed by atoms with van der Waals surface area (Å²) in [4.78, 5) is 26.0. The van der Waals surface area contributed by atoms with Gasteiger partial charge in [0.1, 0.15) is 6.10 Å². The summed E-state index contributed by atoms with van der Waals surface area (Å²) in [7, 11) is 0. The summed E-state index contributed by atoms with van der Waals surface area (Å²) in [6.45, 7) is 6.20. The Kier molecular flexibility index (Phi) is 43.4. The van der Waals surface area contributed by atoms with Gasteiger partial charge in [0, 0.05) is 12.8 Å². The van der Waals surface area contributed by atoms with E-state index in [2.05, 4.69) is 111 Å². The molecule has 0 saturated heterocycles. The highest BCUT2D eigenvalue weighted by molar-refractivity contribution is 5.77. The number of carbonyl (C=O) groups is 2. The number of hydrogen-bond acceptors (Lipinski definition) is 5. The van der Waals surface area contributed by atoms with Gasteiger partial charge in [-0.05, 0) is 77.0 Å². The van der Waals surface area contributed by atoms with Crippen LogP contribution < -0.4 is 5.32 Å². The van der Waals surface area contributed by atoms with Crippen LogP contribution >= 0.6 is 0 Å². The van der Waals surface area contributed by atoms with Crippen molar-refractivity contribution in [3.05, 3.63) is 97.2 Å². The van der Waals surface area contributed by atoms with Crippen molar-refractivity contribution in [2.24, 2.45) is 0 Å². The van der Waals surface area contributed by atoms with Gasteiger partial charge in [-0.1, -0.05) is 201 Å². The number of aliphatic hydroxyl groups is 2. The molecule has 59 heavy (non-hydrogen) atoms. The predicted molar refractivity (Wildman–Crippen MR) is 254 cm³/mol. The molecule has 0 rings (SSSR count). The fourth-order valence-corrected chi connectivity index (χ4v) is 6.58. The van der Waals surface area contributed by atoms with Crippen LogP contribution in [0.4, 0.5) is 0 Å². The van der Waals surface area contributed by atoms with Gasteiger partial charge < -0.3 is 20.3 Å². The number of unbranched alkanes of at least 4 members (excludes halogenated alkanes) is 14. The number of ether oxygens (including phenoxy) is 1. The molecule has 0 aliphatic carbocycles. The lowest BCUT2D eigenvalue weighted by molar-refractivity contribution is -0.150. The molecule has 1 amide bonds. The standard InChI is InChI=1S/C53H89NO5/c1-4-7-10-13-16-19-22-24-26-27-30-32-35-38-41-44-49(59-53(58)46-43-40-37-34-31-28-25-23-20-17-14-11-8-5-2)47-52(57)54-50(48-55)51(56)45-42-39-36-33-29-21-18-15-12-9-6-3/h7-8,10-11,16-17,19-20,24-26,28,30,32,38,41,49-51,55-56H,4-6,9,12-15,18,21-23,27,29,31,33-37,39-40,42-48H2,1-3H3,(H,54,57)/b10-7-,11-8+,19-16-,20-17+,26-24-,28-25+,32-30-,41-38-. The van der Waals surface area contributed by atoms with Crippen LogP contribution in [0.5, 0.6) is 0 Å². The van der Waals surface area contributed by atoms with E-state index in [1.54, 1.807) is 0 Å². The van der Waals surface area contributed by atoms with Crippen molar-refractivity contribution in [3.8, 4) is 0 Å². The Morgan fingerprint density at radius 3 is 1.44 bits per heavy atom. The highest BCUT2D eigenvalue weighted by Gasteiger charge is 2.23. The number of esters is 1. The van der Waals surface area contributed by atoms with Gasteiger partial charge in [-0.15, -0.1) is 0 Å². The Hall–Kier alpha value is -3.22. The maximum Gasteiger partial charge on any atom is 0.306 e. The van der Waals surface area contributed by atoms with E-state index >= 15 is 0 Å². The molecule has 6 heteroatoms. The first-order valence-electron chi connectivity index (χ1n) is 24.0. The quantitative estimate of drug-likeness (QED) is 0.0324. The van der Waals surface area contributed by atoms with Crippen LogP contribution in [-0.4, -0.2) is 46.9 Å². The molecule has 6 nitrogen and oxygen atoms in total. The monoisotopic (exact) mass is 820 g/mol. The number of allylic oxidation sites excluding steroid dienone is 15. The zero-order valence-corrected chi connectivity index (χ0v) is 38.1.